The van der Waals surface area contributed by atoms with Crippen LogP contribution in [0.1, 0.15) is 16.8 Å². The molecule has 0 aliphatic heterocycles. The van der Waals surface area contributed by atoms with Crippen molar-refractivity contribution in [2.45, 2.75) is 19.7 Å². The van der Waals surface area contributed by atoms with Crippen LogP contribution >= 0.6 is 11.6 Å². The van der Waals surface area contributed by atoms with E-state index in [2.05, 4.69) is 24.9 Å². The maximum absolute atomic E-state index is 5.79. The second kappa shape index (κ2) is 4.07. The van der Waals surface area contributed by atoms with Gasteiger partial charge in [0.25, 0.3) is 0 Å². The third kappa shape index (κ3) is 1.77. The van der Waals surface area contributed by atoms with Crippen molar-refractivity contribution in [2.24, 2.45) is 0 Å². The van der Waals surface area contributed by atoms with E-state index in [0.29, 0.717) is 5.88 Å². The Bertz CT molecular complexity index is 476. The topological polar surface area (TPSA) is 26.0 Å². The van der Waals surface area contributed by atoms with Crippen molar-refractivity contribution in [1.29, 1.82) is 0 Å². The van der Waals surface area contributed by atoms with Gasteiger partial charge in [0, 0.05) is 5.56 Å². The Hall–Kier alpha value is -1.28. The highest BCUT2D eigenvalue weighted by molar-refractivity contribution is 6.17. The van der Waals surface area contributed by atoms with Crippen LogP contribution in [0.5, 0.6) is 0 Å². The standard InChI is InChI=1S/C12H12ClNO/c1-8-4-3-5-10(9(8)2)12-11(6-13)14-7-15-12/h3-5,7H,6H2,1-2H3. The van der Waals surface area contributed by atoms with Gasteiger partial charge < -0.3 is 4.42 Å². The molecule has 0 saturated heterocycles. The van der Waals surface area contributed by atoms with E-state index in [0.717, 1.165) is 17.0 Å². The second-order valence-electron chi connectivity index (χ2n) is 3.51. The van der Waals surface area contributed by atoms with E-state index in [1.165, 1.54) is 17.5 Å². The fraction of sp³-hybridized carbons (Fsp3) is 0.250. The van der Waals surface area contributed by atoms with Gasteiger partial charge in [0.2, 0.25) is 0 Å². The molecule has 0 atom stereocenters. The molecule has 1 heterocycles. The van der Waals surface area contributed by atoms with Gasteiger partial charge in [-0.3, -0.25) is 0 Å². The van der Waals surface area contributed by atoms with E-state index < -0.39 is 0 Å². The minimum Gasteiger partial charge on any atom is -0.443 e. The maximum atomic E-state index is 5.79. The molecule has 0 saturated carbocycles. The average molecular weight is 222 g/mol. The number of nitrogens with zero attached hydrogens (tertiary/aromatic N) is 1. The Morgan fingerprint density at radius 3 is 2.87 bits per heavy atom. The predicted molar refractivity (Wildman–Crippen MR) is 61.0 cm³/mol. The fourth-order valence-corrected chi connectivity index (χ4v) is 1.77. The number of benzene rings is 1. The molecule has 0 aliphatic carbocycles. The predicted octanol–water partition coefficient (Wildman–Crippen LogP) is 3.70. The third-order valence-corrected chi connectivity index (χ3v) is 2.87. The van der Waals surface area contributed by atoms with Gasteiger partial charge in [-0.05, 0) is 25.0 Å². The molecule has 1 aromatic carbocycles. The number of aryl methyl sites for hydroxylation is 1. The van der Waals surface area contributed by atoms with Crippen molar-refractivity contribution < 1.29 is 4.42 Å². The second-order valence-corrected chi connectivity index (χ2v) is 3.78. The van der Waals surface area contributed by atoms with Gasteiger partial charge in [-0.15, -0.1) is 11.6 Å². The number of rotatable bonds is 2. The lowest BCUT2D eigenvalue weighted by Gasteiger charge is -2.06. The van der Waals surface area contributed by atoms with Crippen LogP contribution < -0.4 is 0 Å². The number of alkyl halides is 1. The van der Waals surface area contributed by atoms with Crippen LogP contribution in [0.3, 0.4) is 0 Å². The van der Waals surface area contributed by atoms with Gasteiger partial charge in [-0.2, -0.15) is 0 Å². The molecule has 0 N–H and O–H groups in total. The number of aromatic nitrogens is 1. The normalized spacial score (nSPS) is 10.6. The first kappa shape index (κ1) is 10.2. The Morgan fingerprint density at radius 2 is 2.13 bits per heavy atom. The molecule has 2 nitrogen and oxygen atoms in total. The van der Waals surface area contributed by atoms with E-state index in [4.69, 9.17) is 16.0 Å². The summed E-state index contributed by atoms with van der Waals surface area (Å²) in [5.41, 5.74) is 4.32. The van der Waals surface area contributed by atoms with Crippen molar-refractivity contribution in [3.8, 4) is 11.3 Å². The number of oxazole rings is 1. The monoisotopic (exact) mass is 221 g/mol. The summed E-state index contributed by atoms with van der Waals surface area (Å²) >= 11 is 5.79. The van der Waals surface area contributed by atoms with Gasteiger partial charge in [-0.25, -0.2) is 4.98 Å². The summed E-state index contributed by atoms with van der Waals surface area (Å²) in [4.78, 5) is 4.08. The zero-order valence-corrected chi connectivity index (χ0v) is 9.51. The molecule has 78 valence electrons. The summed E-state index contributed by atoms with van der Waals surface area (Å²) in [6.07, 6.45) is 1.44. The van der Waals surface area contributed by atoms with E-state index >= 15 is 0 Å². The van der Waals surface area contributed by atoms with Gasteiger partial charge in [0.1, 0.15) is 5.69 Å². The SMILES string of the molecule is Cc1cccc(-c2ocnc2CCl)c1C. The highest BCUT2D eigenvalue weighted by atomic mass is 35.5. The van der Waals surface area contributed by atoms with Crippen molar-refractivity contribution in [3.63, 3.8) is 0 Å². The average Bonchev–Trinajstić information content (AvgIpc) is 2.70. The van der Waals surface area contributed by atoms with Crippen LogP contribution in [0.15, 0.2) is 29.0 Å². The summed E-state index contributed by atoms with van der Waals surface area (Å²) in [6.45, 7) is 4.15. The van der Waals surface area contributed by atoms with E-state index in [9.17, 15) is 0 Å². The summed E-state index contributed by atoms with van der Waals surface area (Å²) in [5, 5.41) is 0. The molecule has 0 radical (unpaired) electrons. The van der Waals surface area contributed by atoms with Crippen LogP contribution in [0, 0.1) is 13.8 Å². The highest BCUT2D eigenvalue weighted by Crippen LogP contribution is 2.28. The highest BCUT2D eigenvalue weighted by Gasteiger charge is 2.12. The molecule has 0 spiro atoms. The molecule has 0 unspecified atom stereocenters. The number of halogens is 1. The zero-order chi connectivity index (χ0) is 10.8. The number of hydrogen-bond acceptors (Lipinski definition) is 2. The number of hydrogen-bond donors (Lipinski definition) is 0. The lowest BCUT2D eigenvalue weighted by molar-refractivity contribution is 0.571. The first-order chi connectivity index (χ1) is 7.24. The first-order valence-corrected chi connectivity index (χ1v) is 5.32. The quantitative estimate of drug-likeness (QED) is 0.723. The Balaban J connectivity index is 2.59. The van der Waals surface area contributed by atoms with E-state index in [1.54, 1.807) is 0 Å². The lowest BCUT2D eigenvalue weighted by atomic mass is 10.0. The molecule has 0 amide bonds. The van der Waals surface area contributed by atoms with Crippen LogP contribution in [0.2, 0.25) is 0 Å². The van der Waals surface area contributed by atoms with Gasteiger partial charge in [-0.1, -0.05) is 18.2 Å². The van der Waals surface area contributed by atoms with Crippen molar-refractivity contribution >= 4 is 11.6 Å². The van der Waals surface area contributed by atoms with Gasteiger partial charge in [0.15, 0.2) is 12.2 Å². The van der Waals surface area contributed by atoms with Crippen LogP contribution in [0.4, 0.5) is 0 Å². The molecule has 0 fully saturated rings. The Labute approximate surface area is 93.9 Å². The molecule has 2 aromatic rings. The minimum atomic E-state index is 0.374. The molecular weight excluding hydrogens is 210 g/mol. The van der Waals surface area contributed by atoms with Crippen molar-refractivity contribution in [1.82, 2.24) is 4.98 Å². The van der Waals surface area contributed by atoms with Gasteiger partial charge >= 0.3 is 0 Å². The van der Waals surface area contributed by atoms with E-state index in [-0.39, 0.29) is 0 Å². The molecule has 0 aliphatic rings. The largest absolute Gasteiger partial charge is 0.443 e. The fourth-order valence-electron chi connectivity index (χ4n) is 1.58. The Morgan fingerprint density at radius 1 is 1.33 bits per heavy atom. The zero-order valence-electron chi connectivity index (χ0n) is 8.75. The molecule has 15 heavy (non-hydrogen) atoms. The third-order valence-electron chi connectivity index (χ3n) is 2.62. The van der Waals surface area contributed by atoms with Crippen LogP contribution in [-0.4, -0.2) is 4.98 Å². The van der Waals surface area contributed by atoms with E-state index in [1.807, 2.05) is 12.1 Å². The molecule has 2 rings (SSSR count). The van der Waals surface area contributed by atoms with Crippen LogP contribution in [0.25, 0.3) is 11.3 Å². The van der Waals surface area contributed by atoms with Crippen LogP contribution in [-0.2, 0) is 5.88 Å². The smallest absolute Gasteiger partial charge is 0.181 e. The Kier molecular flexibility index (Phi) is 2.78. The summed E-state index contributed by atoms with van der Waals surface area (Å²) in [5.74, 6) is 1.16. The molecular formula is C12H12ClNO. The minimum absolute atomic E-state index is 0.374. The molecule has 0 bridgehead atoms. The molecule has 1 aromatic heterocycles. The maximum Gasteiger partial charge on any atom is 0.181 e. The summed E-state index contributed by atoms with van der Waals surface area (Å²) in [6, 6.07) is 6.12. The summed E-state index contributed by atoms with van der Waals surface area (Å²) in [7, 11) is 0. The van der Waals surface area contributed by atoms with Crippen molar-refractivity contribution in [2.75, 3.05) is 0 Å². The summed E-state index contributed by atoms with van der Waals surface area (Å²) < 4.78 is 5.38. The van der Waals surface area contributed by atoms with Crippen molar-refractivity contribution in [3.05, 3.63) is 41.4 Å². The molecule has 3 heteroatoms. The van der Waals surface area contributed by atoms with Gasteiger partial charge in [0.05, 0.1) is 5.88 Å². The first-order valence-electron chi connectivity index (χ1n) is 4.79. The lowest BCUT2D eigenvalue weighted by Crippen LogP contribution is -1.88.